The minimum absolute atomic E-state index is 0.0520. The van der Waals surface area contributed by atoms with Crippen LogP contribution in [0.2, 0.25) is 0 Å². The Kier molecular flexibility index (Phi) is 5.40. The molecule has 0 amide bonds. The third kappa shape index (κ3) is 4.12. The van der Waals surface area contributed by atoms with Crippen molar-refractivity contribution < 1.29 is 17.8 Å². The first-order valence-corrected chi connectivity index (χ1v) is 11.6. The Morgan fingerprint density at radius 2 is 2.03 bits per heavy atom. The van der Waals surface area contributed by atoms with Gasteiger partial charge in [-0.25, -0.2) is 22.3 Å². The van der Waals surface area contributed by atoms with E-state index in [0.717, 1.165) is 12.8 Å². The van der Waals surface area contributed by atoms with Crippen molar-refractivity contribution in [2.24, 2.45) is 15.3 Å². The van der Waals surface area contributed by atoms with Gasteiger partial charge in [-0.1, -0.05) is 12.1 Å². The van der Waals surface area contributed by atoms with Gasteiger partial charge in [0.2, 0.25) is 0 Å². The Morgan fingerprint density at radius 3 is 2.70 bits per heavy atom. The van der Waals surface area contributed by atoms with Crippen molar-refractivity contribution in [2.75, 3.05) is 18.6 Å². The number of aromatic nitrogens is 1. The maximum absolute atomic E-state index is 13.3. The average molecular weight is 432 g/mol. The highest BCUT2D eigenvalue weighted by Crippen LogP contribution is 2.39. The van der Waals surface area contributed by atoms with Gasteiger partial charge < -0.3 is 5.32 Å². The molecule has 1 aliphatic heterocycles. The molecule has 158 valence electrons. The minimum Gasteiger partial charge on any atom is -0.353 e. The van der Waals surface area contributed by atoms with Crippen LogP contribution >= 0.6 is 0 Å². The molecule has 2 aliphatic rings. The summed E-state index contributed by atoms with van der Waals surface area (Å²) in [6.45, 7) is 0. The molecule has 4 rings (SSSR count). The summed E-state index contributed by atoms with van der Waals surface area (Å²) >= 11 is 0. The number of pyridine rings is 1. The summed E-state index contributed by atoms with van der Waals surface area (Å²) < 4.78 is 43.4. The van der Waals surface area contributed by atoms with Crippen LogP contribution in [0.4, 0.5) is 25.8 Å². The first-order chi connectivity index (χ1) is 14.3. The predicted molar refractivity (Wildman–Crippen MR) is 113 cm³/mol. The summed E-state index contributed by atoms with van der Waals surface area (Å²) in [5.41, 5.74) is 2.04. The average Bonchev–Trinajstić information content (AvgIpc) is 3.47. The molecule has 1 atom stereocenters. The van der Waals surface area contributed by atoms with Crippen LogP contribution in [0.3, 0.4) is 0 Å². The van der Waals surface area contributed by atoms with E-state index in [0.29, 0.717) is 33.3 Å². The highest BCUT2D eigenvalue weighted by molar-refractivity contribution is 7.93. The number of fused-ring (bicyclic) bond motifs is 1. The summed E-state index contributed by atoms with van der Waals surface area (Å²) in [7, 11) is -1.14. The van der Waals surface area contributed by atoms with Crippen LogP contribution in [0.5, 0.6) is 0 Å². The van der Waals surface area contributed by atoms with Gasteiger partial charge >= 0.3 is 0 Å². The second-order valence-electron chi connectivity index (χ2n) is 7.56. The number of carbonyl (C=O) groups excluding carboxylic acids is 1. The van der Waals surface area contributed by atoms with Crippen LogP contribution in [0.25, 0.3) is 0 Å². The Hall–Kier alpha value is -2.68. The largest absolute Gasteiger partial charge is 0.353 e. The number of anilines is 2. The molecule has 2 heterocycles. The number of alkyl halides is 2. The van der Waals surface area contributed by atoms with E-state index in [2.05, 4.69) is 19.7 Å². The van der Waals surface area contributed by atoms with Gasteiger partial charge in [0.15, 0.2) is 0 Å². The van der Waals surface area contributed by atoms with Gasteiger partial charge in [0, 0.05) is 32.1 Å². The number of nitrogens with zero attached hydrogens (tertiary/aromatic N) is 3. The summed E-state index contributed by atoms with van der Waals surface area (Å²) in [4.78, 5) is 21.3. The number of hydrogen-bond acceptors (Lipinski definition) is 6. The van der Waals surface area contributed by atoms with E-state index in [9.17, 15) is 17.8 Å². The number of benzene rings is 1. The summed E-state index contributed by atoms with van der Waals surface area (Å²) in [5, 5.41) is 3.19. The quantitative estimate of drug-likeness (QED) is 0.706. The lowest BCUT2D eigenvalue weighted by Gasteiger charge is -2.15. The lowest BCUT2D eigenvalue weighted by atomic mass is 10.1. The van der Waals surface area contributed by atoms with Crippen molar-refractivity contribution in [1.29, 1.82) is 0 Å². The lowest BCUT2D eigenvalue weighted by Crippen LogP contribution is -2.11. The molecule has 1 aliphatic carbocycles. The molecule has 1 aromatic carbocycles. The van der Waals surface area contributed by atoms with Gasteiger partial charge in [0.25, 0.3) is 6.43 Å². The summed E-state index contributed by atoms with van der Waals surface area (Å²) in [6, 6.07) is 8.68. The fraction of sp³-hybridized carbons (Fsp3) is 0.381. The lowest BCUT2D eigenvalue weighted by molar-refractivity contribution is -0.119. The van der Waals surface area contributed by atoms with Gasteiger partial charge in [-0.05, 0) is 31.0 Å². The Balaban J connectivity index is 1.76. The Labute approximate surface area is 174 Å². The molecule has 30 heavy (non-hydrogen) atoms. The van der Waals surface area contributed by atoms with E-state index < -0.39 is 16.2 Å². The second kappa shape index (κ2) is 7.86. The zero-order valence-corrected chi connectivity index (χ0v) is 17.5. The molecule has 0 saturated heterocycles. The van der Waals surface area contributed by atoms with Crippen molar-refractivity contribution in [3.63, 3.8) is 0 Å². The van der Waals surface area contributed by atoms with Crippen molar-refractivity contribution in [1.82, 2.24) is 4.98 Å². The minimum atomic E-state index is -2.68. The fourth-order valence-corrected chi connectivity index (χ4v) is 4.49. The van der Waals surface area contributed by atoms with Gasteiger partial charge in [-0.15, -0.1) is 0 Å². The normalized spacial score (nSPS) is 17.3. The molecule has 2 aromatic rings. The van der Waals surface area contributed by atoms with Crippen molar-refractivity contribution in [2.45, 2.75) is 37.0 Å². The van der Waals surface area contributed by atoms with E-state index in [1.165, 1.54) is 13.3 Å². The first-order valence-electron chi connectivity index (χ1n) is 9.66. The molecule has 1 aromatic heterocycles. The molecule has 0 bridgehead atoms. The monoisotopic (exact) mass is 432 g/mol. The molecule has 1 saturated carbocycles. The Morgan fingerprint density at radius 1 is 1.30 bits per heavy atom. The SMILES string of the molecule is CN=[S@@](C)(=O)c1ccccc1Nc1cc(CC(=O)C2CC2)nc2c1N=C(C(F)F)C2. The number of rotatable bonds is 7. The predicted octanol–water partition coefficient (Wildman–Crippen LogP) is 4.33. The number of hydrogen-bond donors (Lipinski definition) is 1. The fourth-order valence-electron chi connectivity index (χ4n) is 3.44. The summed E-state index contributed by atoms with van der Waals surface area (Å²) in [6.07, 6.45) is 0.760. The van der Waals surface area contributed by atoms with Gasteiger partial charge in [-0.3, -0.25) is 9.78 Å². The second-order valence-corrected chi connectivity index (χ2v) is 9.97. The van der Waals surface area contributed by atoms with E-state index in [4.69, 9.17) is 0 Å². The maximum atomic E-state index is 13.3. The van der Waals surface area contributed by atoms with Crippen LogP contribution in [0, 0.1) is 5.92 Å². The van der Waals surface area contributed by atoms with Crippen LogP contribution in [-0.4, -0.2) is 40.4 Å². The standard InChI is InChI=1S/C21H22F2N4O2S/c1-24-30(2,29)19-6-4-3-5-14(19)26-15-9-13(10-18(28)12-7-8-12)25-16-11-17(21(22)23)27-20(15)16/h3-6,9,12,21H,7-8,10-11H2,1-2H3,(H,25,26)/t30-/m0/s1. The number of ketones is 1. The van der Waals surface area contributed by atoms with Gasteiger partial charge in [-0.2, -0.15) is 0 Å². The van der Waals surface area contributed by atoms with Crippen molar-refractivity contribution in [3.8, 4) is 0 Å². The van der Waals surface area contributed by atoms with Crippen LogP contribution < -0.4 is 5.32 Å². The van der Waals surface area contributed by atoms with Crippen LogP contribution in [-0.2, 0) is 27.4 Å². The van der Waals surface area contributed by atoms with E-state index in [1.54, 1.807) is 30.3 Å². The molecule has 0 radical (unpaired) electrons. The zero-order chi connectivity index (χ0) is 21.5. The highest BCUT2D eigenvalue weighted by atomic mass is 32.2. The highest BCUT2D eigenvalue weighted by Gasteiger charge is 2.31. The molecule has 0 unspecified atom stereocenters. The number of nitrogens with one attached hydrogen (secondary N) is 1. The molecule has 0 spiro atoms. The number of Topliss-reactive ketones (excluding diaryl/α,β-unsaturated/α-hetero) is 1. The molecule has 1 fully saturated rings. The van der Waals surface area contributed by atoms with E-state index in [-0.39, 0.29) is 30.3 Å². The molecule has 9 heteroatoms. The topological polar surface area (TPSA) is 83.8 Å². The number of aliphatic imine (C=N–C) groups is 1. The number of para-hydroxylation sites is 1. The third-order valence-corrected chi connectivity index (χ3v) is 7.14. The smallest absolute Gasteiger partial charge is 0.277 e. The third-order valence-electron chi connectivity index (χ3n) is 5.27. The zero-order valence-electron chi connectivity index (χ0n) is 16.7. The molecular formula is C21H22F2N4O2S. The maximum Gasteiger partial charge on any atom is 0.277 e. The molecule has 6 nitrogen and oxygen atoms in total. The number of halogens is 2. The Bertz CT molecular complexity index is 1170. The van der Waals surface area contributed by atoms with E-state index in [1.807, 2.05) is 0 Å². The number of carbonyl (C=O) groups is 1. The van der Waals surface area contributed by atoms with Crippen LogP contribution in [0.15, 0.2) is 44.6 Å². The van der Waals surface area contributed by atoms with Crippen molar-refractivity contribution in [3.05, 3.63) is 41.7 Å². The van der Waals surface area contributed by atoms with Gasteiger partial charge in [0.05, 0.1) is 43.1 Å². The molecular weight excluding hydrogens is 410 g/mol. The van der Waals surface area contributed by atoms with Gasteiger partial charge in [0.1, 0.15) is 11.5 Å². The molecule has 1 N–H and O–H groups in total. The van der Waals surface area contributed by atoms with E-state index >= 15 is 0 Å². The summed E-state index contributed by atoms with van der Waals surface area (Å²) in [5.74, 6) is 0.198. The van der Waals surface area contributed by atoms with Crippen molar-refractivity contribution >= 4 is 38.3 Å². The first kappa shape index (κ1) is 20.6. The van der Waals surface area contributed by atoms with Crippen LogP contribution in [0.1, 0.15) is 24.2 Å².